The first-order valence-corrected chi connectivity index (χ1v) is 8.77. The molecule has 0 atom stereocenters. The summed E-state index contributed by atoms with van der Waals surface area (Å²) in [6.45, 7) is 11.8. The number of aryl methyl sites for hydroxylation is 1. The minimum absolute atomic E-state index is 0.251. The van der Waals surface area contributed by atoms with E-state index in [0.29, 0.717) is 11.1 Å². The molecule has 0 saturated heterocycles. The summed E-state index contributed by atoms with van der Waals surface area (Å²) in [5.41, 5.74) is 3.25. The average Bonchev–Trinajstić information content (AvgIpc) is 2.55. The van der Waals surface area contributed by atoms with E-state index >= 15 is 0 Å². The van der Waals surface area contributed by atoms with Crippen LogP contribution in [0.4, 0.5) is 5.69 Å². The molecule has 0 aliphatic rings. The molecule has 138 valence electrons. The third-order valence-electron chi connectivity index (χ3n) is 3.92. The third kappa shape index (κ3) is 4.91. The van der Waals surface area contributed by atoms with Crippen LogP contribution in [0.3, 0.4) is 0 Å². The number of carbonyl (C=O) groups is 2. The number of para-hydroxylation sites is 1. The number of hydrogen-bond acceptors (Lipinski definition) is 3. The Kier molecular flexibility index (Phi) is 5.80. The van der Waals surface area contributed by atoms with Crippen LogP contribution in [0.1, 0.15) is 72.4 Å². The van der Waals surface area contributed by atoms with Crippen molar-refractivity contribution in [3.8, 4) is 0 Å². The van der Waals surface area contributed by atoms with Gasteiger partial charge in [0, 0.05) is 23.6 Å². The largest absolute Gasteiger partial charge is 0.347 e. The number of nitrogens with zero attached hydrogens (tertiary/aromatic N) is 1. The Morgan fingerprint density at radius 1 is 1.04 bits per heavy atom. The smallest absolute Gasteiger partial charge is 0.257 e. The van der Waals surface area contributed by atoms with Crippen molar-refractivity contribution in [2.75, 3.05) is 5.32 Å². The van der Waals surface area contributed by atoms with Gasteiger partial charge in [0.2, 0.25) is 0 Å². The molecule has 0 saturated carbocycles. The van der Waals surface area contributed by atoms with E-state index in [1.54, 1.807) is 6.07 Å². The first-order valence-electron chi connectivity index (χ1n) is 8.77. The van der Waals surface area contributed by atoms with E-state index in [4.69, 9.17) is 0 Å². The van der Waals surface area contributed by atoms with E-state index in [1.165, 1.54) is 12.4 Å². The first-order chi connectivity index (χ1) is 12.1. The monoisotopic (exact) mass is 353 g/mol. The van der Waals surface area contributed by atoms with Crippen LogP contribution in [-0.2, 0) is 0 Å². The Morgan fingerprint density at radius 3 is 2.23 bits per heavy atom. The highest BCUT2D eigenvalue weighted by atomic mass is 16.2. The predicted octanol–water partition coefficient (Wildman–Crippen LogP) is 4.29. The van der Waals surface area contributed by atoms with Crippen molar-refractivity contribution in [1.29, 1.82) is 0 Å². The number of hydrogen-bond donors (Lipinski definition) is 2. The number of aromatic nitrogens is 1. The molecule has 0 spiro atoms. The molecule has 0 unspecified atom stereocenters. The predicted molar refractivity (Wildman–Crippen MR) is 105 cm³/mol. The second-order valence-corrected chi connectivity index (χ2v) is 7.81. The zero-order valence-corrected chi connectivity index (χ0v) is 16.3. The van der Waals surface area contributed by atoms with Crippen molar-refractivity contribution in [3.63, 3.8) is 0 Å². The van der Waals surface area contributed by atoms with E-state index in [1.807, 2.05) is 45.9 Å². The maximum absolute atomic E-state index is 12.7. The lowest BCUT2D eigenvalue weighted by atomic mass is 9.98. The minimum atomic E-state index is -0.358. The third-order valence-corrected chi connectivity index (χ3v) is 3.92. The van der Waals surface area contributed by atoms with Crippen LogP contribution in [0.25, 0.3) is 0 Å². The molecule has 0 radical (unpaired) electrons. The molecule has 0 fully saturated rings. The lowest BCUT2D eigenvalue weighted by molar-refractivity contribution is 0.0919. The van der Waals surface area contributed by atoms with Gasteiger partial charge in [-0.05, 0) is 50.8 Å². The molecule has 1 aromatic carbocycles. The molecule has 1 aromatic heterocycles. The number of amides is 2. The first kappa shape index (κ1) is 19.6. The van der Waals surface area contributed by atoms with Crippen molar-refractivity contribution in [1.82, 2.24) is 10.3 Å². The molecule has 26 heavy (non-hydrogen) atoms. The Morgan fingerprint density at radius 2 is 1.65 bits per heavy atom. The van der Waals surface area contributed by atoms with Crippen LogP contribution in [-0.4, -0.2) is 22.3 Å². The maximum Gasteiger partial charge on any atom is 0.257 e. The van der Waals surface area contributed by atoms with Gasteiger partial charge in [0.05, 0.1) is 11.1 Å². The number of nitrogens with one attached hydrogen (secondary N) is 2. The molecule has 0 aliphatic carbocycles. The van der Waals surface area contributed by atoms with Crippen LogP contribution in [0.5, 0.6) is 0 Å². The fourth-order valence-corrected chi connectivity index (χ4v) is 2.63. The summed E-state index contributed by atoms with van der Waals surface area (Å²) < 4.78 is 0. The average molecular weight is 353 g/mol. The van der Waals surface area contributed by atoms with Crippen LogP contribution in [0.15, 0.2) is 36.7 Å². The number of carbonyl (C=O) groups excluding carboxylic acids is 2. The molecule has 2 N–H and O–H groups in total. The highest BCUT2D eigenvalue weighted by molar-refractivity contribution is 6.06. The second-order valence-electron chi connectivity index (χ2n) is 7.81. The van der Waals surface area contributed by atoms with Crippen LogP contribution < -0.4 is 10.6 Å². The van der Waals surface area contributed by atoms with Gasteiger partial charge in [0.15, 0.2) is 0 Å². The Balaban J connectivity index is 2.27. The zero-order valence-electron chi connectivity index (χ0n) is 16.3. The SMILES string of the molecule is Cc1cccc(C(C)C)c1NC(=O)c1cncc(C(=O)NC(C)(C)C)c1. The van der Waals surface area contributed by atoms with E-state index in [-0.39, 0.29) is 23.3 Å². The van der Waals surface area contributed by atoms with Crippen molar-refractivity contribution < 1.29 is 9.59 Å². The second kappa shape index (κ2) is 7.68. The van der Waals surface area contributed by atoms with Gasteiger partial charge in [-0.1, -0.05) is 32.0 Å². The van der Waals surface area contributed by atoms with Gasteiger partial charge in [0.1, 0.15) is 0 Å². The Bertz CT molecular complexity index is 820. The molecule has 0 aliphatic heterocycles. The highest BCUT2D eigenvalue weighted by Gasteiger charge is 2.18. The van der Waals surface area contributed by atoms with Crippen molar-refractivity contribution in [2.45, 2.75) is 53.0 Å². The van der Waals surface area contributed by atoms with E-state index < -0.39 is 0 Å². The van der Waals surface area contributed by atoms with Gasteiger partial charge in [-0.2, -0.15) is 0 Å². The van der Waals surface area contributed by atoms with Crippen LogP contribution >= 0.6 is 0 Å². The van der Waals surface area contributed by atoms with Gasteiger partial charge in [0.25, 0.3) is 11.8 Å². The van der Waals surface area contributed by atoms with Crippen LogP contribution in [0, 0.1) is 6.92 Å². The fourth-order valence-electron chi connectivity index (χ4n) is 2.63. The summed E-state index contributed by atoms with van der Waals surface area (Å²) in [5, 5.41) is 5.85. The topological polar surface area (TPSA) is 71.1 Å². The standard InChI is InChI=1S/C21H27N3O2/c1-13(2)17-9-7-8-14(3)18(17)23-19(25)15-10-16(12-22-11-15)20(26)24-21(4,5)6/h7-13H,1-6H3,(H,23,25)(H,24,26). The van der Waals surface area contributed by atoms with E-state index in [2.05, 4.69) is 29.5 Å². The molecule has 5 heteroatoms. The number of rotatable bonds is 4. The molecule has 5 nitrogen and oxygen atoms in total. The van der Waals surface area contributed by atoms with E-state index in [0.717, 1.165) is 16.8 Å². The molecule has 0 bridgehead atoms. The van der Waals surface area contributed by atoms with Gasteiger partial charge in [-0.3, -0.25) is 14.6 Å². The lowest BCUT2D eigenvalue weighted by Gasteiger charge is -2.20. The maximum atomic E-state index is 12.7. The van der Waals surface area contributed by atoms with Gasteiger partial charge in [-0.25, -0.2) is 0 Å². The molecular weight excluding hydrogens is 326 g/mol. The molecular formula is C21H27N3O2. The quantitative estimate of drug-likeness (QED) is 0.861. The highest BCUT2D eigenvalue weighted by Crippen LogP contribution is 2.27. The Hall–Kier alpha value is -2.69. The van der Waals surface area contributed by atoms with Crippen molar-refractivity contribution in [2.24, 2.45) is 0 Å². The number of pyridine rings is 1. The molecule has 2 rings (SSSR count). The minimum Gasteiger partial charge on any atom is -0.347 e. The molecule has 2 amide bonds. The number of anilines is 1. The van der Waals surface area contributed by atoms with Gasteiger partial charge < -0.3 is 10.6 Å². The lowest BCUT2D eigenvalue weighted by Crippen LogP contribution is -2.40. The van der Waals surface area contributed by atoms with Crippen molar-refractivity contribution in [3.05, 3.63) is 58.9 Å². The summed E-state index contributed by atoms with van der Waals surface area (Å²) >= 11 is 0. The summed E-state index contributed by atoms with van der Waals surface area (Å²) in [7, 11) is 0. The van der Waals surface area contributed by atoms with E-state index in [9.17, 15) is 9.59 Å². The summed E-state index contributed by atoms with van der Waals surface area (Å²) in [6.07, 6.45) is 2.93. The van der Waals surface area contributed by atoms with Crippen LogP contribution in [0.2, 0.25) is 0 Å². The fraction of sp³-hybridized carbons (Fsp3) is 0.381. The molecule has 1 heterocycles. The summed E-state index contributed by atoms with van der Waals surface area (Å²) in [5.74, 6) is -0.246. The summed E-state index contributed by atoms with van der Waals surface area (Å²) in [6, 6.07) is 7.53. The number of benzene rings is 1. The normalized spacial score (nSPS) is 11.3. The molecule has 2 aromatic rings. The van der Waals surface area contributed by atoms with Gasteiger partial charge in [-0.15, -0.1) is 0 Å². The Labute approximate surface area is 155 Å². The summed E-state index contributed by atoms with van der Waals surface area (Å²) in [4.78, 5) is 29.1. The van der Waals surface area contributed by atoms with Gasteiger partial charge >= 0.3 is 0 Å². The zero-order chi connectivity index (χ0) is 19.5. The van der Waals surface area contributed by atoms with Crippen molar-refractivity contribution >= 4 is 17.5 Å².